The predicted molar refractivity (Wildman–Crippen MR) is 125 cm³/mol. The molecular formula is C21H48N2O8S+2. The van der Waals surface area contributed by atoms with Gasteiger partial charge in [0.05, 0.1) is 41.8 Å². The Kier molecular flexibility index (Phi) is 17.4. The van der Waals surface area contributed by atoms with E-state index in [0.29, 0.717) is 17.6 Å². The molecule has 0 radical (unpaired) electrons. The highest BCUT2D eigenvalue weighted by molar-refractivity contribution is 7.85. The van der Waals surface area contributed by atoms with Crippen LogP contribution in [0.5, 0.6) is 0 Å². The SMILES string of the molecule is CCCCCCCCOCC(O)C[N+](C)(C)CC(O)CS(=O)(=O)O.C[N+](C)(C)CC(=O)O. The van der Waals surface area contributed by atoms with Gasteiger partial charge in [0, 0.05) is 6.61 Å². The largest absolute Gasteiger partial charge is 0.477 e. The van der Waals surface area contributed by atoms with E-state index in [-0.39, 0.29) is 24.2 Å². The van der Waals surface area contributed by atoms with E-state index in [2.05, 4.69) is 6.92 Å². The summed E-state index contributed by atoms with van der Waals surface area (Å²) < 4.78 is 36.4. The molecule has 0 spiro atoms. The summed E-state index contributed by atoms with van der Waals surface area (Å²) >= 11 is 0. The number of hydrogen-bond donors (Lipinski definition) is 4. The normalized spacial score (nSPS) is 14.4. The molecule has 0 aromatic heterocycles. The lowest BCUT2D eigenvalue weighted by Crippen LogP contribution is -2.51. The maximum Gasteiger partial charge on any atom is 0.359 e. The first-order chi connectivity index (χ1) is 14.5. The average Bonchev–Trinajstić information content (AvgIpc) is 2.52. The van der Waals surface area contributed by atoms with E-state index in [0.717, 1.165) is 12.8 Å². The number of carboxylic acid groups (broad SMARTS) is 1. The Labute approximate surface area is 194 Å². The molecule has 0 rings (SSSR count). The van der Waals surface area contributed by atoms with Gasteiger partial charge in [0.2, 0.25) is 0 Å². The monoisotopic (exact) mass is 488 g/mol. The minimum atomic E-state index is -4.20. The summed E-state index contributed by atoms with van der Waals surface area (Å²) in [5.41, 5.74) is 0. The van der Waals surface area contributed by atoms with Gasteiger partial charge in [-0.25, -0.2) is 4.79 Å². The van der Waals surface area contributed by atoms with E-state index >= 15 is 0 Å². The molecule has 0 aromatic rings. The van der Waals surface area contributed by atoms with Crippen molar-refractivity contribution in [3.8, 4) is 0 Å². The summed E-state index contributed by atoms with van der Waals surface area (Å²) in [6, 6.07) is 0. The van der Waals surface area contributed by atoms with Crippen LogP contribution in [0.25, 0.3) is 0 Å². The minimum Gasteiger partial charge on any atom is -0.477 e. The van der Waals surface area contributed by atoms with E-state index < -0.39 is 34.0 Å². The Hall–Kier alpha value is -0.820. The number of carbonyl (C=O) groups is 1. The van der Waals surface area contributed by atoms with Crippen molar-refractivity contribution in [1.82, 2.24) is 0 Å². The second-order valence-electron chi connectivity index (χ2n) is 10.0. The molecule has 0 bridgehead atoms. The van der Waals surface area contributed by atoms with Gasteiger partial charge in [-0.3, -0.25) is 4.55 Å². The number of aliphatic hydroxyl groups is 2. The molecule has 0 aromatic carbocycles. The molecule has 0 aliphatic heterocycles. The zero-order chi connectivity index (χ0) is 25.4. The van der Waals surface area contributed by atoms with E-state index in [9.17, 15) is 23.4 Å². The molecule has 32 heavy (non-hydrogen) atoms. The van der Waals surface area contributed by atoms with Gasteiger partial charge >= 0.3 is 5.97 Å². The Balaban J connectivity index is 0. The Morgan fingerprint density at radius 2 is 1.41 bits per heavy atom. The first-order valence-corrected chi connectivity index (χ1v) is 12.8. The van der Waals surface area contributed by atoms with Crippen molar-refractivity contribution < 1.29 is 46.8 Å². The summed E-state index contributed by atoms with van der Waals surface area (Å²) in [5, 5.41) is 27.9. The van der Waals surface area contributed by atoms with Crippen molar-refractivity contribution >= 4 is 16.1 Å². The predicted octanol–water partition coefficient (Wildman–Crippen LogP) is 0.827. The Morgan fingerprint density at radius 3 is 1.84 bits per heavy atom. The fourth-order valence-electron chi connectivity index (χ4n) is 3.17. The fraction of sp³-hybridized carbons (Fsp3) is 0.952. The average molecular weight is 489 g/mol. The lowest BCUT2D eigenvalue weighted by atomic mass is 10.1. The van der Waals surface area contributed by atoms with Crippen LogP contribution >= 0.6 is 0 Å². The topological polar surface area (TPSA) is 141 Å². The highest BCUT2D eigenvalue weighted by atomic mass is 32.2. The van der Waals surface area contributed by atoms with Crippen LogP contribution in [0.4, 0.5) is 0 Å². The van der Waals surface area contributed by atoms with E-state index in [1.807, 2.05) is 21.1 Å². The fourth-order valence-corrected chi connectivity index (χ4v) is 3.77. The van der Waals surface area contributed by atoms with Gasteiger partial charge in [0.25, 0.3) is 10.1 Å². The van der Waals surface area contributed by atoms with Crippen LogP contribution < -0.4 is 0 Å². The van der Waals surface area contributed by atoms with Crippen LogP contribution in [0.3, 0.4) is 0 Å². The number of rotatable bonds is 17. The Morgan fingerprint density at radius 1 is 0.906 bits per heavy atom. The van der Waals surface area contributed by atoms with Gasteiger partial charge in [0.1, 0.15) is 31.1 Å². The third-order valence-corrected chi connectivity index (χ3v) is 5.18. The molecule has 2 atom stereocenters. The summed E-state index contributed by atoms with van der Waals surface area (Å²) in [5.74, 6) is -1.45. The molecule has 0 saturated carbocycles. The number of unbranched alkanes of at least 4 members (excludes halogenated alkanes) is 5. The molecule has 194 valence electrons. The van der Waals surface area contributed by atoms with Crippen LogP contribution in [-0.4, -0.2) is 129 Å². The highest BCUT2D eigenvalue weighted by Crippen LogP contribution is 2.07. The van der Waals surface area contributed by atoms with Crippen LogP contribution in [0.2, 0.25) is 0 Å². The number of aliphatic hydroxyl groups excluding tert-OH is 2. The van der Waals surface area contributed by atoms with Gasteiger partial charge in [-0.1, -0.05) is 39.0 Å². The molecule has 11 heteroatoms. The second kappa shape index (κ2) is 16.7. The summed E-state index contributed by atoms with van der Waals surface area (Å²) in [4.78, 5) is 10.00. The maximum atomic E-state index is 10.8. The van der Waals surface area contributed by atoms with Crippen LogP contribution in [0.1, 0.15) is 45.4 Å². The van der Waals surface area contributed by atoms with Crippen LogP contribution in [0.15, 0.2) is 0 Å². The van der Waals surface area contributed by atoms with Gasteiger partial charge in [0.15, 0.2) is 6.54 Å². The number of hydrogen-bond acceptors (Lipinski definition) is 6. The quantitative estimate of drug-likeness (QED) is 0.134. The van der Waals surface area contributed by atoms with Crippen molar-refractivity contribution in [2.75, 3.05) is 73.8 Å². The molecule has 2 unspecified atom stereocenters. The summed E-state index contributed by atoms with van der Waals surface area (Å²) in [6.45, 7) is 3.67. The number of ether oxygens (including phenoxy) is 1. The zero-order valence-electron chi connectivity index (χ0n) is 20.9. The van der Waals surface area contributed by atoms with E-state index in [1.54, 1.807) is 14.1 Å². The molecular weight excluding hydrogens is 440 g/mol. The van der Waals surface area contributed by atoms with Gasteiger partial charge in [-0.2, -0.15) is 8.42 Å². The summed E-state index contributed by atoms with van der Waals surface area (Å²) in [7, 11) is 4.89. The molecule has 10 nitrogen and oxygen atoms in total. The molecule has 0 saturated heterocycles. The molecule has 0 aliphatic carbocycles. The van der Waals surface area contributed by atoms with Crippen LogP contribution in [-0.2, 0) is 19.6 Å². The smallest absolute Gasteiger partial charge is 0.359 e. The maximum absolute atomic E-state index is 10.8. The number of aliphatic carboxylic acids is 1. The number of quaternary nitrogens is 2. The zero-order valence-corrected chi connectivity index (χ0v) is 21.7. The minimum absolute atomic E-state index is 0.119. The lowest BCUT2D eigenvalue weighted by Gasteiger charge is -2.33. The van der Waals surface area contributed by atoms with Crippen molar-refractivity contribution in [3.63, 3.8) is 0 Å². The van der Waals surface area contributed by atoms with E-state index in [4.69, 9.17) is 14.4 Å². The molecule has 0 heterocycles. The number of carboxylic acids is 1. The lowest BCUT2D eigenvalue weighted by molar-refractivity contribution is -0.896. The van der Waals surface area contributed by atoms with Crippen molar-refractivity contribution in [1.29, 1.82) is 0 Å². The third kappa shape index (κ3) is 27.2. The first kappa shape index (κ1) is 33.4. The highest BCUT2D eigenvalue weighted by Gasteiger charge is 2.26. The molecule has 0 aliphatic rings. The van der Waals surface area contributed by atoms with Crippen LogP contribution in [0, 0.1) is 0 Å². The number of nitrogens with zero attached hydrogens (tertiary/aromatic N) is 2. The second-order valence-corrected chi connectivity index (χ2v) is 11.5. The van der Waals surface area contributed by atoms with Crippen molar-refractivity contribution in [2.24, 2.45) is 0 Å². The molecule has 4 N–H and O–H groups in total. The Bertz CT molecular complexity index is 591. The summed E-state index contributed by atoms with van der Waals surface area (Å²) in [6.07, 6.45) is 5.25. The third-order valence-electron chi connectivity index (χ3n) is 4.38. The van der Waals surface area contributed by atoms with Gasteiger partial charge in [-0.15, -0.1) is 0 Å². The standard InChI is InChI=1S/C16H35NO6S.C5H11NO2/c1-4-5-6-7-8-9-10-23-13-15(18)11-17(2,3)12-16(19)14-24(20,21)22;1-6(2,3)4-5(7)8/h15-16,18-19H,4-14H2,1-3H3;4H2,1-3H3/p+2. The van der Waals surface area contributed by atoms with Crippen molar-refractivity contribution in [2.45, 2.75) is 57.7 Å². The molecule has 0 amide bonds. The van der Waals surface area contributed by atoms with E-state index in [1.165, 1.54) is 25.7 Å². The number of likely N-dealkylation sites (N-methyl/N-ethyl adjacent to an activating group) is 2. The molecule has 0 fully saturated rings. The van der Waals surface area contributed by atoms with Gasteiger partial charge in [-0.05, 0) is 6.42 Å². The van der Waals surface area contributed by atoms with Gasteiger partial charge < -0.3 is 29.0 Å². The first-order valence-electron chi connectivity index (χ1n) is 11.2. The van der Waals surface area contributed by atoms with Crippen molar-refractivity contribution in [3.05, 3.63) is 0 Å².